The number of aliphatic carboxylic acids is 1. The summed E-state index contributed by atoms with van der Waals surface area (Å²) in [5, 5.41) is 31.4. The smallest absolute Gasteiger partial charge is 0.335 e. The van der Waals surface area contributed by atoms with Crippen molar-refractivity contribution in [3.8, 4) is 0 Å². The Morgan fingerprint density at radius 2 is 0.890 bits per heavy atom. The van der Waals surface area contributed by atoms with E-state index in [-0.39, 0.29) is 25.9 Å². The van der Waals surface area contributed by atoms with Gasteiger partial charge in [-0.1, -0.05) is 209 Å². The van der Waals surface area contributed by atoms with Crippen LogP contribution in [0.1, 0.15) is 226 Å². The Morgan fingerprint density at radius 1 is 0.466 bits per heavy atom. The minimum atomic E-state index is -1.93. The molecule has 1 fully saturated rings. The highest BCUT2D eigenvalue weighted by atomic mass is 16.7. The van der Waals surface area contributed by atoms with Gasteiger partial charge in [0.15, 0.2) is 24.6 Å². The molecule has 3 N–H and O–H groups in total. The van der Waals surface area contributed by atoms with Crippen LogP contribution in [0, 0.1) is 0 Å². The van der Waals surface area contributed by atoms with E-state index in [2.05, 4.69) is 87.6 Å². The molecule has 1 rings (SSSR count). The minimum Gasteiger partial charge on any atom is -0.479 e. The zero-order valence-electron chi connectivity index (χ0n) is 45.6. The summed E-state index contributed by atoms with van der Waals surface area (Å²) < 4.78 is 28.2. The van der Waals surface area contributed by atoms with Gasteiger partial charge in [0.1, 0.15) is 18.8 Å². The summed E-state index contributed by atoms with van der Waals surface area (Å²) in [5.41, 5.74) is 0. The van der Waals surface area contributed by atoms with E-state index in [1.165, 1.54) is 70.6 Å². The van der Waals surface area contributed by atoms with Gasteiger partial charge in [-0.15, -0.1) is 0 Å². The van der Waals surface area contributed by atoms with E-state index in [0.29, 0.717) is 25.7 Å². The van der Waals surface area contributed by atoms with Crippen LogP contribution >= 0.6 is 0 Å². The van der Waals surface area contributed by atoms with Gasteiger partial charge < -0.3 is 39.0 Å². The molecule has 12 nitrogen and oxygen atoms in total. The highest BCUT2D eigenvalue weighted by Gasteiger charge is 2.50. The predicted molar refractivity (Wildman–Crippen MR) is 294 cm³/mol. The molecule has 416 valence electrons. The summed E-state index contributed by atoms with van der Waals surface area (Å²) in [6.07, 6.45) is 50.1. The van der Waals surface area contributed by atoms with Gasteiger partial charge in [-0.05, 0) is 83.5 Å². The molecular weight excluding hydrogens is 925 g/mol. The maximum Gasteiger partial charge on any atom is 0.335 e. The van der Waals surface area contributed by atoms with Gasteiger partial charge in [0, 0.05) is 19.3 Å². The van der Waals surface area contributed by atoms with E-state index in [9.17, 15) is 34.5 Å². The molecule has 0 bridgehead atoms. The second kappa shape index (κ2) is 48.8. The first-order valence-electron chi connectivity index (χ1n) is 28.6. The molecule has 0 aromatic carbocycles. The van der Waals surface area contributed by atoms with Crippen LogP contribution in [0.2, 0.25) is 0 Å². The summed E-state index contributed by atoms with van der Waals surface area (Å²) >= 11 is 0. The first kappa shape index (κ1) is 66.9. The van der Waals surface area contributed by atoms with E-state index in [1.54, 1.807) is 0 Å². The van der Waals surface area contributed by atoms with Crippen LogP contribution in [0.5, 0.6) is 0 Å². The van der Waals surface area contributed by atoms with Gasteiger partial charge >= 0.3 is 23.9 Å². The Morgan fingerprint density at radius 3 is 1.37 bits per heavy atom. The molecule has 12 heteroatoms. The van der Waals surface area contributed by atoms with Gasteiger partial charge in [0.05, 0.1) is 6.61 Å². The fourth-order valence-corrected chi connectivity index (χ4v) is 8.09. The summed E-state index contributed by atoms with van der Waals surface area (Å²) in [6, 6.07) is 0. The number of carboxylic acid groups (broad SMARTS) is 1. The predicted octanol–water partition coefficient (Wildman–Crippen LogP) is 14.3. The fourth-order valence-electron chi connectivity index (χ4n) is 8.09. The molecule has 1 heterocycles. The average molecular weight is 1030 g/mol. The first-order valence-corrected chi connectivity index (χ1v) is 28.6. The number of allylic oxidation sites excluding steroid dienone is 14. The number of hydrogen-bond donors (Lipinski definition) is 3. The van der Waals surface area contributed by atoms with E-state index in [1.807, 2.05) is 18.2 Å². The molecule has 1 aliphatic rings. The van der Waals surface area contributed by atoms with Crippen molar-refractivity contribution in [2.24, 2.45) is 0 Å². The third-order valence-electron chi connectivity index (χ3n) is 12.5. The Hall–Kier alpha value is -4.10. The Labute approximate surface area is 441 Å². The molecule has 0 aliphatic carbocycles. The van der Waals surface area contributed by atoms with Crippen molar-refractivity contribution >= 4 is 23.9 Å². The van der Waals surface area contributed by atoms with Crippen LogP contribution in [0.15, 0.2) is 85.1 Å². The average Bonchev–Trinajstić information content (AvgIpc) is 3.37. The SMILES string of the molecule is CC/C=C\C/C=C\C/C=C\C/C=C\C/C=C\C/C=C\CCC(=O)OC1C(OCC(COC(=O)CCCCCCC/C=C\CCCCCCCC)OC(=O)CCCCCCCCCCC)OC(C(=O)O)C(O)C1O. The Bertz CT molecular complexity index is 1590. The lowest BCUT2D eigenvalue weighted by Gasteiger charge is -2.40. The van der Waals surface area contributed by atoms with Gasteiger partial charge in [-0.2, -0.15) is 0 Å². The third-order valence-corrected chi connectivity index (χ3v) is 12.5. The summed E-state index contributed by atoms with van der Waals surface area (Å²) in [4.78, 5) is 50.9. The molecule has 6 atom stereocenters. The number of carbonyl (C=O) groups excluding carboxylic acids is 3. The number of hydrogen-bond acceptors (Lipinski definition) is 11. The van der Waals surface area contributed by atoms with Crippen molar-refractivity contribution in [1.29, 1.82) is 0 Å². The van der Waals surface area contributed by atoms with Crippen molar-refractivity contribution in [2.75, 3.05) is 13.2 Å². The third kappa shape index (κ3) is 39.0. The molecule has 73 heavy (non-hydrogen) atoms. The summed E-state index contributed by atoms with van der Waals surface area (Å²) in [5.74, 6) is -3.24. The molecular formula is C61H100O12. The number of rotatable bonds is 47. The summed E-state index contributed by atoms with van der Waals surface area (Å²) in [6.45, 7) is 5.80. The van der Waals surface area contributed by atoms with E-state index in [0.717, 1.165) is 89.9 Å². The maximum absolute atomic E-state index is 13.0. The van der Waals surface area contributed by atoms with Crippen molar-refractivity contribution in [3.05, 3.63) is 85.1 Å². The zero-order chi connectivity index (χ0) is 53.3. The highest BCUT2D eigenvalue weighted by Crippen LogP contribution is 2.26. The van der Waals surface area contributed by atoms with Crippen LogP contribution < -0.4 is 0 Å². The van der Waals surface area contributed by atoms with Crippen LogP contribution in [0.4, 0.5) is 0 Å². The van der Waals surface area contributed by atoms with Crippen LogP contribution in [0.25, 0.3) is 0 Å². The molecule has 0 radical (unpaired) electrons. The number of carbonyl (C=O) groups is 4. The van der Waals surface area contributed by atoms with Crippen molar-refractivity contribution in [3.63, 3.8) is 0 Å². The molecule has 6 unspecified atom stereocenters. The van der Waals surface area contributed by atoms with Crippen molar-refractivity contribution in [1.82, 2.24) is 0 Å². The lowest BCUT2D eigenvalue weighted by molar-refractivity contribution is -0.301. The quantitative estimate of drug-likeness (QED) is 0.0228. The van der Waals surface area contributed by atoms with E-state index >= 15 is 0 Å². The van der Waals surface area contributed by atoms with Gasteiger partial charge in [-0.25, -0.2) is 4.79 Å². The normalized spacial score (nSPS) is 18.9. The van der Waals surface area contributed by atoms with Crippen LogP contribution in [-0.4, -0.2) is 89.2 Å². The van der Waals surface area contributed by atoms with Gasteiger partial charge in [-0.3, -0.25) is 14.4 Å². The topological polar surface area (TPSA) is 175 Å². The Kier molecular flexibility index (Phi) is 44.7. The number of esters is 3. The highest BCUT2D eigenvalue weighted by molar-refractivity contribution is 5.74. The standard InChI is InChI=1S/C61H100O12/c1-4-7-10-13-16-19-21-23-25-26-27-28-30-32-34-37-40-43-46-49-55(64)72-59-57(66)56(65)58(60(67)68)73-61(59)70-51-52(71-54(63)48-45-42-39-35-18-15-12-9-6-3)50-69-53(62)47-44-41-38-36-33-31-29-24-22-20-17-14-11-8-5-2/h7,10,16,19,23-25,27-29,32,34,40,43,52,56-59,61,65-66H,4-6,8-9,11-15,17-18,20-22,26,30-31,33,35-39,41-42,44-51H2,1-3H3,(H,67,68)/b10-7-,19-16-,25-23-,28-27-,29-24-,34-32-,43-40-. The molecule has 0 spiro atoms. The second-order valence-electron chi connectivity index (χ2n) is 19.2. The van der Waals surface area contributed by atoms with Crippen LogP contribution in [0.3, 0.4) is 0 Å². The van der Waals surface area contributed by atoms with Gasteiger partial charge in [0.25, 0.3) is 0 Å². The Balaban J connectivity index is 2.71. The largest absolute Gasteiger partial charge is 0.479 e. The van der Waals surface area contributed by atoms with Crippen molar-refractivity contribution in [2.45, 2.75) is 263 Å². The number of aliphatic hydroxyl groups excluding tert-OH is 2. The maximum atomic E-state index is 13.0. The van der Waals surface area contributed by atoms with Gasteiger partial charge in [0.2, 0.25) is 0 Å². The van der Waals surface area contributed by atoms with E-state index < -0.39 is 67.3 Å². The number of unbranched alkanes of at least 4 members (excludes halogenated alkanes) is 19. The molecule has 1 aliphatic heterocycles. The lowest BCUT2D eigenvalue weighted by atomic mass is 9.98. The summed E-state index contributed by atoms with van der Waals surface area (Å²) in [7, 11) is 0. The second-order valence-corrected chi connectivity index (χ2v) is 19.2. The van der Waals surface area contributed by atoms with Crippen LogP contribution in [-0.2, 0) is 42.9 Å². The molecule has 0 amide bonds. The number of aliphatic hydroxyl groups is 2. The molecule has 0 aromatic heterocycles. The number of ether oxygens (including phenoxy) is 5. The minimum absolute atomic E-state index is 0.0672. The number of carboxylic acids is 1. The first-order chi connectivity index (χ1) is 35.6. The molecule has 0 aromatic rings. The molecule has 1 saturated heterocycles. The van der Waals surface area contributed by atoms with E-state index in [4.69, 9.17) is 23.7 Å². The van der Waals surface area contributed by atoms with Crippen molar-refractivity contribution < 1.29 is 58.2 Å². The fraction of sp³-hybridized carbons (Fsp3) is 0.705. The lowest BCUT2D eigenvalue weighted by Crippen LogP contribution is -2.61. The molecule has 0 saturated carbocycles. The zero-order valence-corrected chi connectivity index (χ0v) is 45.6. The monoisotopic (exact) mass is 1020 g/mol.